The minimum Gasteiger partial charge on any atom is -0.497 e. The topological polar surface area (TPSA) is 87.7 Å². The zero-order valence-corrected chi connectivity index (χ0v) is 18.2. The molecule has 0 aromatic heterocycles. The van der Waals surface area contributed by atoms with Gasteiger partial charge in [-0.3, -0.25) is 4.31 Å². The van der Waals surface area contributed by atoms with Gasteiger partial charge in [-0.05, 0) is 73.0 Å². The van der Waals surface area contributed by atoms with Crippen molar-refractivity contribution in [3.63, 3.8) is 0 Å². The number of halogens is 1. The van der Waals surface area contributed by atoms with Crippen LogP contribution in [-0.2, 0) is 16.4 Å². The maximum Gasteiger partial charge on any atom is 0.323 e. The Balaban J connectivity index is 1.54. The van der Waals surface area contributed by atoms with Crippen molar-refractivity contribution in [3.8, 4) is 5.75 Å². The van der Waals surface area contributed by atoms with Crippen LogP contribution < -0.4 is 19.7 Å². The lowest BCUT2D eigenvalue weighted by Crippen LogP contribution is -2.35. The number of sulfonamides is 1. The monoisotopic (exact) mass is 455 g/mol. The van der Waals surface area contributed by atoms with Crippen LogP contribution in [0.15, 0.2) is 71.6 Å². The van der Waals surface area contributed by atoms with Crippen molar-refractivity contribution in [3.05, 3.63) is 78.1 Å². The minimum absolute atomic E-state index is 0.0692. The molecule has 0 atom stereocenters. The molecule has 0 saturated heterocycles. The van der Waals surface area contributed by atoms with Gasteiger partial charge in [-0.25, -0.2) is 17.6 Å². The molecule has 0 spiro atoms. The predicted octanol–water partition coefficient (Wildman–Crippen LogP) is 4.62. The average molecular weight is 456 g/mol. The molecule has 0 fully saturated rings. The van der Waals surface area contributed by atoms with Crippen LogP contribution >= 0.6 is 0 Å². The van der Waals surface area contributed by atoms with Crippen molar-refractivity contribution in [2.24, 2.45) is 0 Å². The summed E-state index contributed by atoms with van der Waals surface area (Å²) in [5.41, 5.74) is 1.94. The molecular formula is C23H22FN3O4S. The number of anilines is 3. The fourth-order valence-corrected chi connectivity index (χ4v) is 5.15. The summed E-state index contributed by atoms with van der Waals surface area (Å²) in [6.45, 7) is 0.363. The lowest BCUT2D eigenvalue weighted by atomic mass is 10.0. The lowest BCUT2D eigenvalue weighted by molar-refractivity contribution is 0.262. The molecule has 1 aliphatic rings. The van der Waals surface area contributed by atoms with Gasteiger partial charge in [0.15, 0.2) is 0 Å². The quantitative estimate of drug-likeness (QED) is 0.588. The Morgan fingerprint density at radius 1 is 1.03 bits per heavy atom. The van der Waals surface area contributed by atoms with Crippen molar-refractivity contribution in [2.45, 2.75) is 17.7 Å². The number of hydrogen-bond acceptors (Lipinski definition) is 4. The zero-order chi connectivity index (χ0) is 22.7. The lowest BCUT2D eigenvalue weighted by Gasteiger charge is -2.31. The van der Waals surface area contributed by atoms with Crippen molar-refractivity contribution in [1.82, 2.24) is 0 Å². The van der Waals surface area contributed by atoms with E-state index in [-0.39, 0.29) is 10.6 Å². The van der Waals surface area contributed by atoms with Crippen molar-refractivity contribution in [2.75, 3.05) is 28.6 Å². The number of carbonyl (C=O) groups excluding carboxylic acids is 1. The molecule has 4 rings (SSSR count). The SMILES string of the molecule is COc1ccc(S(=O)(=O)N2CCCc3cc(NC(=O)Nc4ccccc4F)ccc32)cc1. The number of nitrogens with one attached hydrogen (secondary N) is 2. The average Bonchev–Trinajstić information content (AvgIpc) is 2.80. The maximum absolute atomic E-state index is 13.7. The highest BCUT2D eigenvalue weighted by Crippen LogP contribution is 2.34. The van der Waals surface area contributed by atoms with Crippen LogP contribution in [0.1, 0.15) is 12.0 Å². The normalized spacial score (nSPS) is 13.2. The number of carbonyl (C=O) groups is 1. The third-order valence-electron chi connectivity index (χ3n) is 5.18. The highest BCUT2D eigenvalue weighted by atomic mass is 32.2. The van der Waals surface area contributed by atoms with E-state index in [4.69, 9.17) is 4.74 Å². The Kier molecular flexibility index (Phi) is 6.00. The molecule has 0 unspecified atom stereocenters. The smallest absolute Gasteiger partial charge is 0.323 e. The molecular weight excluding hydrogens is 433 g/mol. The van der Waals surface area contributed by atoms with E-state index in [1.165, 1.54) is 41.7 Å². The van der Waals surface area contributed by atoms with Crippen LogP contribution in [0.3, 0.4) is 0 Å². The largest absolute Gasteiger partial charge is 0.497 e. The highest BCUT2D eigenvalue weighted by Gasteiger charge is 2.29. The third-order valence-corrected chi connectivity index (χ3v) is 7.01. The van der Waals surface area contributed by atoms with Gasteiger partial charge < -0.3 is 15.4 Å². The predicted molar refractivity (Wildman–Crippen MR) is 121 cm³/mol. The Bertz CT molecular complexity index is 1250. The molecule has 2 N–H and O–H groups in total. The zero-order valence-electron chi connectivity index (χ0n) is 17.3. The van der Waals surface area contributed by atoms with E-state index in [0.717, 1.165) is 5.56 Å². The van der Waals surface area contributed by atoms with Gasteiger partial charge in [0.25, 0.3) is 10.0 Å². The Morgan fingerprint density at radius 3 is 2.50 bits per heavy atom. The first-order chi connectivity index (χ1) is 15.4. The summed E-state index contributed by atoms with van der Waals surface area (Å²) in [4.78, 5) is 12.4. The third kappa shape index (κ3) is 4.38. The van der Waals surface area contributed by atoms with Crippen LogP contribution in [0.25, 0.3) is 0 Å². The van der Waals surface area contributed by atoms with E-state index < -0.39 is 21.9 Å². The second kappa shape index (κ2) is 8.88. The van der Waals surface area contributed by atoms with Crippen LogP contribution in [-0.4, -0.2) is 28.1 Å². The van der Waals surface area contributed by atoms with Gasteiger partial charge in [-0.15, -0.1) is 0 Å². The number of urea groups is 1. The minimum atomic E-state index is -3.75. The molecule has 0 saturated carbocycles. The highest BCUT2D eigenvalue weighted by molar-refractivity contribution is 7.92. The number of hydrogen-bond donors (Lipinski definition) is 2. The van der Waals surface area contributed by atoms with Crippen molar-refractivity contribution >= 4 is 33.1 Å². The van der Waals surface area contributed by atoms with Crippen LogP contribution in [0.4, 0.5) is 26.2 Å². The molecule has 1 heterocycles. The van der Waals surface area contributed by atoms with Crippen LogP contribution in [0.5, 0.6) is 5.75 Å². The van der Waals surface area contributed by atoms with E-state index in [9.17, 15) is 17.6 Å². The molecule has 3 aromatic rings. The van der Waals surface area contributed by atoms with E-state index in [0.29, 0.717) is 36.5 Å². The summed E-state index contributed by atoms with van der Waals surface area (Å²) < 4.78 is 46.7. The summed E-state index contributed by atoms with van der Waals surface area (Å²) in [6.07, 6.45) is 1.32. The molecule has 32 heavy (non-hydrogen) atoms. The summed E-state index contributed by atoms with van der Waals surface area (Å²) in [6, 6.07) is 16.6. The maximum atomic E-state index is 13.7. The number of aryl methyl sites for hydroxylation is 1. The first-order valence-electron chi connectivity index (χ1n) is 10.0. The van der Waals surface area contributed by atoms with Crippen molar-refractivity contribution in [1.29, 1.82) is 0 Å². The summed E-state index contributed by atoms with van der Waals surface area (Å²) in [7, 11) is -2.22. The molecule has 7 nitrogen and oxygen atoms in total. The number of rotatable bonds is 5. The van der Waals surface area contributed by atoms with Gasteiger partial charge in [-0.1, -0.05) is 12.1 Å². The molecule has 1 aliphatic heterocycles. The number of fused-ring (bicyclic) bond motifs is 1. The van der Waals surface area contributed by atoms with E-state index in [2.05, 4.69) is 10.6 Å². The van der Waals surface area contributed by atoms with E-state index in [1.54, 1.807) is 36.4 Å². The van der Waals surface area contributed by atoms with Crippen LogP contribution in [0.2, 0.25) is 0 Å². The molecule has 166 valence electrons. The molecule has 2 amide bonds. The number of benzene rings is 3. The van der Waals surface area contributed by atoms with Gasteiger partial charge >= 0.3 is 6.03 Å². The van der Waals surface area contributed by atoms with E-state index in [1.807, 2.05) is 0 Å². The van der Waals surface area contributed by atoms with Crippen LogP contribution in [0, 0.1) is 5.82 Å². The first kappa shape index (κ1) is 21.6. The number of nitrogens with zero attached hydrogens (tertiary/aromatic N) is 1. The fraction of sp³-hybridized carbons (Fsp3) is 0.174. The van der Waals surface area contributed by atoms with Gasteiger partial charge in [0.1, 0.15) is 11.6 Å². The molecule has 3 aromatic carbocycles. The number of ether oxygens (including phenoxy) is 1. The Labute approximate surface area is 185 Å². The number of methoxy groups -OCH3 is 1. The Morgan fingerprint density at radius 2 is 1.78 bits per heavy atom. The van der Waals surface area contributed by atoms with E-state index >= 15 is 0 Å². The Hall–Kier alpha value is -3.59. The number of para-hydroxylation sites is 1. The second-order valence-corrected chi connectivity index (χ2v) is 9.12. The summed E-state index contributed by atoms with van der Waals surface area (Å²) in [5, 5.41) is 5.13. The second-order valence-electron chi connectivity index (χ2n) is 7.26. The van der Waals surface area contributed by atoms with Crippen molar-refractivity contribution < 1.29 is 22.3 Å². The number of amides is 2. The molecule has 0 bridgehead atoms. The van der Waals surface area contributed by atoms with Gasteiger partial charge in [0, 0.05) is 12.2 Å². The summed E-state index contributed by atoms with van der Waals surface area (Å²) >= 11 is 0. The van der Waals surface area contributed by atoms with Gasteiger partial charge in [-0.2, -0.15) is 0 Å². The standard InChI is InChI=1S/C23H22FN3O4S/c1-31-18-9-11-19(12-10-18)32(29,30)27-14-4-5-16-15-17(8-13-22(16)27)25-23(28)26-21-7-3-2-6-20(21)24/h2-3,6-13,15H,4-5,14H2,1H3,(H2,25,26,28). The van der Waals surface area contributed by atoms with Gasteiger partial charge in [0.2, 0.25) is 0 Å². The molecule has 0 aliphatic carbocycles. The fourth-order valence-electron chi connectivity index (χ4n) is 3.61. The molecule has 9 heteroatoms. The molecule has 0 radical (unpaired) electrons. The first-order valence-corrected chi connectivity index (χ1v) is 11.4. The summed E-state index contributed by atoms with van der Waals surface area (Å²) in [5.74, 6) is 0.0415. The van der Waals surface area contributed by atoms with Gasteiger partial charge in [0.05, 0.1) is 23.4 Å².